The first kappa shape index (κ1) is 16.5. The van der Waals surface area contributed by atoms with E-state index in [9.17, 15) is 4.79 Å². The molecule has 1 saturated heterocycles. The highest BCUT2D eigenvalue weighted by Gasteiger charge is 2.29. The maximum absolute atomic E-state index is 11.6. The summed E-state index contributed by atoms with van der Waals surface area (Å²) in [5.41, 5.74) is 3.06. The van der Waals surface area contributed by atoms with Gasteiger partial charge in [0.25, 0.3) is 0 Å². The zero-order valence-corrected chi connectivity index (χ0v) is 14.2. The Morgan fingerprint density at radius 1 is 1.12 bits per heavy atom. The zero-order valence-electron chi connectivity index (χ0n) is 14.2. The lowest BCUT2D eigenvalue weighted by molar-refractivity contribution is 0.0600. The van der Waals surface area contributed by atoms with E-state index in [0.29, 0.717) is 17.6 Å². The summed E-state index contributed by atoms with van der Waals surface area (Å²) in [4.78, 5) is 14.1. The van der Waals surface area contributed by atoms with Gasteiger partial charge in [-0.2, -0.15) is 0 Å². The van der Waals surface area contributed by atoms with Crippen LogP contribution in [-0.4, -0.2) is 32.7 Å². The second-order valence-electron chi connectivity index (χ2n) is 6.17. The van der Waals surface area contributed by atoms with Crippen LogP contribution < -0.4 is 10.2 Å². The molecule has 2 aromatic carbocycles. The molecular formula is C20H24N2O2. The van der Waals surface area contributed by atoms with Crippen molar-refractivity contribution < 1.29 is 9.53 Å². The molecule has 1 aliphatic rings. The summed E-state index contributed by atoms with van der Waals surface area (Å²) in [5.74, 6) is -0.293. The minimum Gasteiger partial charge on any atom is -0.465 e. The zero-order chi connectivity index (χ0) is 16.9. The van der Waals surface area contributed by atoms with Gasteiger partial charge in [-0.1, -0.05) is 30.3 Å². The lowest BCUT2D eigenvalue weighted by atomic mass is 9.90. The van der Waals surface area contributed by atoms with Crippen molar-refractivity contribution in [3.8, 4) is 0 Å². The highest BCUT2D eigenvalue weighted by Crippen LogP contribution is 2.35. The number of esters is 1. The van der Waals surface area contributed by atoms with Gasteiger partial charge in [-0.05, 0) is 49.7 Å². The van der Waals surface area contributed by atoms with E-state index in [2.05, 4.69) is 34.5 Å². The molecule has 0 aromatic heterocycles. The standard InChI is InChI=1S/C20H24N2O2/c1-21-17-12-13-22(18-6-4-3-5-7-18)19(14-17)15-8-10-16(11-9-15)20(23)24-2/h3-11,17,19,21H,12-14H2,1-2H3. The lowest BCUT2D eigenvalue weighted by Gasteiger charge is -2.41. The summed E-state index contributed by atoms with van der Waals surface area (Å²) in [6.07, 6.45) is 2.17. The van der Waals surface area contributed by atoms with E-state index >= 15 is 0 Å². The number of carbonyl (C=O) groups excluding carboxylic acids is 1. The molecule has 1 aliphatic heterocycles. The monoisotopic (exact) mass is 324 g/mol. The highest BCUT2D eigenvalue weighted by atomic mass is 16.5. The predicted octanol–water partition coefficient (Wildman–Crippen LogP) is 3.40. The third-order valence-electron chi connectivity index (χ3n) is 4.82. The Labute approximate surface area is 143 Å². The fourth-order valence-electron chi connectivity index (χ4n) is 3.43. The maximum Gasteiger partial charge on any atom is 0.337 e. The number of hydrogen-bond acceptors (Lipinski definition) is 4. The van der Waals surface area contributed by atoms with Crippen molar-refractivity contribution >= 4 is 11.7 Å². The van der Waals surface area contributed by atoms with Crippen molar-refractivity contribution in [1.82, 2.24) is 5.32 Å². The van der Waals surface area contributed by atoms with Gasteiger partial charge in [-0.15, -0.1) is 0 Å². The van der Waals surface area contributed by atoms with E-state index in [0.717, 1.165) is 19.4 Å². The fraction of sp³-hybridized carbons (Fsp3) is 0.350. The van der Waals surface area contributed by atoms with Crippen molar-refractivity contribution in [2.24, 2.45) is 0 Å². The van der Waals surface area contributed by atoms with Gasteiger partial charge < -0.3 is 15.0 Å². The van der Waals surface area contributed by atoms with Gasteiger partial charge in [0.15, 0.2) is 0 Å². The molecule has 3 rings (SSSR count). The Balaban J connectivity index is 1.89. The van der Waals surface area contributed by atoms with E-state index in [-0.39, 0.29) is 5.97 Å². The van der Waals surface area contributed by atoms with Crippen molar-refractivity contribution in [3.63, 3.8) is 0 Å². The Morgan fingerprint density at radius 2 is 1.83 bits per heavy atom. The Morgan fingerprint density at radius 3 is 2.46 bits per heavy atom. The van der Waals surface area contributed by atoms with E-state index in [1.807, 2.05) is 37.4 Å². The number of benzene rings is 2. The average Bonchev–Trinajstić information content (AvgIpc) is 2.67. The minimum absolute atomic E-state index is 0.293. The maximum atomic E-state index is 11.6. The van der Waals surface area contributed by atoms with Gasteiger partial charge >= 0.3 is 5.97 Å². The van der Waals surface area contributed by atoms with Crippen LogP contribution in [0, 0.1) is 0 Å². The molecule has 0 bridgehead atoms. The number of piperidine rings is 1. The first-order chi connectivity index (χ1) is 11.7. The van der Waals surface area contributed by atoms with Crippen LogP contribution in [0.1, 0.15) is 34.8 Å². The Kier molecular flexibility index (Phi) is 5.16. The van der Waals surface area contributed by atoms with Crippen LogP contribution in [0.25, 0.3) is 0 Å². The number of para-hydroxylation sites is 1. The first-order valence-corrected chi connectivity index (χ1v) is 8.40. The quantitative estimate of drug-likeness (QED) is 0.875. The number of methoxy groups -OCH3 is 1. The number of rotatable bonds is 4. The fourth-order valence-corrected chi connectivity index (χ4v) is 3.43. The number of ether oxygens (including phenoxy) is 1. The van der Waals surface area contributed by atoms with Gasteiger partial charge in [-0.25, -0.2) is 4.79 Å². The molecule has 0 aliphatic carbocycles. The molecule has 4 nitrogen and oxygen atoms in total. The molecule has 4 heteroatoms. The number of anilines is 1. The molecule has 2 unspecified atom stereocenters. The molecule has 2 atom stereocenters. The van der Waals surface area contributed by atoms with Crippen LogP contribution in [0.3, 0.4) is 0 Å². The van der Waals surface area contributed by atoms with E-state index in [4.69, 9.17) is 4.74 Å². The normalized spacial score (nSPS) is 20.7. The van der Waals surface area contributed by atoms with Crippen LogP contribution in [-0.2, 0) is 4.74 Å². The number of nitrogens with one attached hydrogen (secondary N) is 1. The van der Waals surface area contributed by atoms with Crippen LogP contribution >= 0.6 is 0 Å². The summed E-state index contributed by atoms with van der Waals surface area (Å²) in [6.45, 7) is 1.01. The number of hydrogen-bond donors (Lipinski definition) is 1. The number of nitrogens with zero attached hydrogens (tertiary/aromatic N) is 1. The van der Waals surface area contributed by atoms with E-state index < -0.39 is 0 Å². The van der Waals surface area contributed by atoms with Crippen LogP contribution in [0.2, 0.25) is 0 Å². The summed E-state index contributed by atoms with van der Waals surface area (Å²) in [5, 5.41) is 3.41. The van der Waals surface area contributed by atoms with Gasteiger partial charge in [0.2, 0.25) is 0 Å². The largest absolute Gasteiger partial charge is 0.465 e. The summed E-state index contributed by atoms with van der Waals surface area (Å²) >= 11 is 0. The van der Waals surface area contributed by atoms with Crippen molar-refractivity contribution in [2.45, 2.75) is 24.9 Å². The van der Waals surface area contributed by atoms with Crippen molar-refractivity contribution in [3.05, 3.63) is 65.7 Å². The number of carbonyl (C=O) groups is 1. The smallest absolute Gasteiger partial charge is 0.337 e. The van der Waals surface area contributed by atoms with Crippen LogP contribution in [0.15, 0.2) is 54.6 Å². The highest BCUT2D eigenvalue weighted by molar-refractivity contribution is 5.89. The molecule has 1 fully saturated rings. The molecule has 0 radical (unpaired) electrons. The molecule has 1 N–H and O–H groups in total. The Bertz CT molecular complexity index is 670. The molecular weight excluding hydrogens is 300 g/mol. The summed E-state index contributed by atoms with van der Waals surface area (Å²) in [7, 11) is 3.44. The third-order valence-corrected chi connectivity index (χ3v) is 4.82. The SMILES string of the molecule is CNC1CCN(c2ccccc2)C(c2ccc(C(=O)OC)cc2)C1. The van der Waals surface area contributed by atoms with Gasteiger partial charge in [0.05, 0.1) is 18.7 Å². The second kappa shape index (κ2) is 7.49. The minimum atomic E-state index is -0.293. The van der Waals surface area contributed by atoms with Crippen LogP contribution in [0.4, 0.5) is 5.69 Å². The average molecular weight is 324 g/mol. The van der Waals surface area contributed by atoms with Gasteiger partial charge in [-0.3, -0.25) is 0 Å². The molecule has 24 heavy (non-hydrogen) atoms. The summed E-state index contributed by atoms with van der Waals surface area (Å²) < 4.78 is 4.79. The second-order valence-corrected chi connectivity index (χ2v) is 6.17. The molecule has 0 saturated carbocycles. The molecule has 2 aromatic rings. The predicted molar refractivity (Wildman–Crippen MR) is 96.4 cm³/mol. The molecule has 0 spiro atoms. The topological polar surface area (TPSA) is 41.6 Å². The van der Waals surface area contributed by atoms with Crippen molar-refractivity contribution in [2.75, 3.05) is 25.6 Å². The van der Waals surface area contributed by atoms with E-state index in [1.165, 1.54) is 18.4 Å². The van der Waals surface area contributed by atoms with Gasteiger partial charge in [0.1, 0.15) is 0 Å². The first-order valence-electron chi connectivity index (χ1n) is 8.40. The molecule has 1 heterocycles. The summed E-state index contributed by atoms with van der Waals surface area (Å²) in [6, 6.07) is 19.1. The van der Waals surface area contributed by atoms with Crippen LogP contribution in [0.5, 0.6) is 0 Å². The molecule has 0 amide bonds. The lowest BCUT2D eigenvalue weighted by Crippen LogP contribution is -2.43. The van der Waals surface area contributed by atoms with E-state index in [1.54, 1.807) is 0 Å². The van der Waals surface area contributed by atoms with Gasteiger partial charge in [0, 0.05) is 18.3 Å². The van der Waals surface area contributed by atoms with Crippen molar-refractivity contribution in [1.29, 1.82) is 0 Å². The molecule has 126 valence electrons. The Hall–Kier alpha value is -2.33. The third kappa shape index (κ3) is 3.44.